The minimum atomic E-state index is 0.301. The average Bonchev–Trinajstić information content (AvgIpc) is 2.74. The van der Waals surface area contributed by atoms with Gasteiger partial charge in [-0.05, 0) is 28.1 Å². The Kier molecular flexibility index (Phi) is 3.13. The van der Waals surface area contributed by atoms with Crippen LogP contribution in [0.2, 0.25) is 0 Å². The molecule has 1 saturated heterocycles. The maximum atomic E-state index is 5.75. The number of fused-ring (bicyclic) bond motifs is 1. The molecule has 0 radical (unpaired) electrons. The van der Waals surface area contributed by atoms with Gasteiger partial charge in [0, 0.05) is 19.0 Å². The summed E-state index contributed by atoms with van der Waals surface area (Å²) in [4.78, 5) is 4.48. The van der Waals surface area contributed by atoms with Crippen molar-refractivity contribution in [2.45, 2.75) is 12.5 Å². The molecule has 0 saturated carbocycles. The third-order valence-electron chi connectivity index (χ3n) is 2.83. The molecule has 3 rings (SSSR count). The van der Waals surface area contributed by atoms with E-state index in [4.69, 9.17) is 9.15 Å². The lowest BCUT2D eigenvalue weighted by atomic mass is 10.2. The molecule has 17 heavy (non-hydrogen) atoms. The predicted octanol–water partition coefficient (Wildman–Crippen LogP) is 2.12. The van der Waals surface area contributed by atoms with Crippen molar-refractivity contribution >= 4 is 27.0 Å². The molecule has 0 spiro atoms. The SMILES string of the molecule is Brc1cccc2nc(CC3COCCN3)oc12. The van der Waals surface area contributed by atoms with E-state index in [0.717, 1.165) is 47.6 Å². The molecule has 0 amide bonds. The number of rotatable bonds is 2. The summed E-state index contributed by atoms with van der Waals surface area (Å²) in [5.74, 6) is 0.759. The van der Waals surface area contributed by atoms with Crippen LogP contribution in [-0.2, 0) is 11.2 Å². The number of halogens is 1. The zero-order valence-electron chi connectivity index (χ0n) is 9.28. The van der Waals surface area contributed by atoms with Gasteiger partial charge in [0.15, 0.2) is 11.5 Å². The Balaban J connectivity index is 1.83. The number of nitrogens with zero attached hydrogens (tertiary/aromatic N) is 1. The van der Waals surface area contributed by atoms with Crippen LogP contribution in [0.5, 0.6) is 0 Å². The second kappa shape index (κ2) is 4.76. The Morgan fingerprint density at radius 2 is 2.41 bits per heavy atom. The van der Waals surface area contributed by atoms with Crippen molar-refractivity contribution in [1.82, 2.24) is 10.3 Å². The lowest BCUT2D eigenvalue weighted by Crippen LogP contribution is -2.42. The minimum Gasteiger partial charge on any atom is -0.439 e. The van der Waals surface area contributed by atoms with Crippen LogP contribution < -0.4 is 5.32 Å². The fourth-order valence-corrected chi connectivity index (χ4v) is 2.45. The van der Waals surface area contributed by atoms with E-state index in [1.54, 1.807) is 0 Å². The van der Waals surface area contributed by atoms with Gasteiger partial charge in [-0.2, -0.15) is 0 Å². The van der Waals surface area contributed by atoms with Gasteiger partial charge < -0.3 is 14.5 Å². The molecule has 1 aromatic carbocycles. The van der Waals surface area contributed by atoms with Crippen molar-refractivity contribution in [2.75, 3.05) is 19.8 Å². The summed E-state index contributed by atoms with van der Waals surface area (Å²) >= 11 is 3.46. The number of morpholine rings is 1. The molecule has 1 atom stereocenters. The van der Waals surface area contributed by atoms with Gasteiger partial charge in [0.2, 0.25) is 0 Å². The number of hydrogen-bond acceptors (Lipinski definition) is 4. The van der Waals surface area contributed by atoms with Gasteiger partial charge in [-0.25, -0.2) is 4.98 Å². The molecule has 1 unspecified atom stereocenters. The standard InChI is InChI=1S/C12H13BrN2O2/c13-9-2-1-3-10-12(9)17-11(15-10)6-8-7-16-5-4-14-8/h1-3,8,14H,4-7H2. The van der Waals surface area contributed by atoms with Crippen molar-refractivity contribution in [3.05, 3.63) is 28.6 Å². The number of oxazole rings is 1. The largest absolute Gasteiger partial charge is 0.439 e. The third-order valence-corrected chi connectivity index (χ3v) is 3.46. The molecule has 90 valence electrons. The molecule has 2 aromatic rings. The van der Waals surface area contributed by atoms with Gasteiger partial charge in [0.1, 0.15) is 5.52 Å². The van der Waals surface area contributed by atoms with Crippen LogP contribution in [0.1, 0.15) is 5.89 Å². The molecule has 0 aliphatic carbocycles. The van der Waals surface area contributed by atoms with Crippen LogP contribution in [-0.4, -0.2) is 30.8 Å². The number of benzene rings is 1. The fraction of sp³-hybridized carbons (Fsp3) is 0.417. The summed E-state index contributed by atoms with van der Waals surface area (Å²) in [7, 11) is 0. The van der Waals surface area contributed by atoms with E-state index in [0.29, 0.717) is 6.04 Å². The molecule has 5 heteroatoms. The van der Waals surface area contributed by atoms with Gasteiger partial charge in [0.05, 0.1) is 17.7 Å². The fourth-order valence-electron chi connectivity index (χ4n) is 2.01. The number of aromatic nitrogens is 1. The molecule has 1 fully saturated rings. The molecular formula is C12H13BrN2O2. The predicted molar refractivity (Wildman–Crippen MR) is 68.0 cm³/mol. The number of nitrogens with one attached hydrogen (secondary N) is 1. The monoisotopic (exact) mass is 296 g/mol. The second-order valence-corrected chi connectivity index (χ2v) is 4.98. The highest BCUT2D eigenvalue weighted by atomic mass is 79.9. The Labute approximate surface area is 107 Å². The lowest BCUT2D eigenvalue weighted by molar-refractivity contribution is 0.0751. The quantitative estimate of drug-likeness (QED) is 0.922. The molecule has 1 aromatic heterocycles. The van der Waals surface area contributed by atoms with Crippen LogP contribution in [0.4, 0.5) is 0 Å². The highest BCUT2D eigenvalue weighted by Gasteiger charge is 2.17. The smallest absolute Gasteiger partial charge is 0.197 e. The van der Waals surface area contributed by atoms with Crippen LogP contribution >= 0.6 is 15.9 Å². The van der Waals surface area contributed by atoms with Crippen molar-refractivity contribution < 1.29 is 9.15 Å². The number of ether oxygens (including phenoxy) is 1. The van der Waals surface area contributed by atoms with Gasteiger partial charge >= 0.3 is 0 Å². The highest BCUT2D eigenvalue weighted by molar-refractivity contribution is 9.10. The van der Waals surface area contributed by atoms with Gasteiger partial charge in [0.25, 0.3) is 0 Å². The first-order chi connectivity index (χ1) is 8.33. The van der Waals surface area contributed by atoms with Crippen molar-refractivity contribution in [2.24, 2.45) is 0 Å². The van der Waals surface area contributed by atoms with Crippen molar-refractivity contribution in [3.63, 3.8) is 0 Å². The summed E-state index contributed by atoms with van der Waals surface area (Å²) in [6, 6.07) is 6.17. The molecular weight excluding hydrogens is 284 g/mol. The van der Waals surface area contributed by atoms with E-state index in [9.17, 15) is 0 Å². The van der Waals surface area contributed by atoms with Crippen molar-refractivity contribution in [3.8, 4) is 0 Å². The van der Waals surface area contributed by atoms with Crippen LogP contribution in [0.15, 0.2) is 27.1 Å². The van der Waals surface area contributed by atoms with Gasteiger partial charge in [-0.15, -0.1) is 0 Å². The van der Waals surface area contributed by atoms with E-state index in [-0.39, 0.29) is 0 Å². The lowest BCUT2D eigenvalue weighted by Gasteiger charge is -2.22. The molecule has 1 N–H and O–H groups in total. The van der Waals surface area contributed by atoms with Crippen molar-refractivity contribution in [1.29, 1.82) is 0 Å². The molecule has 2 heterocycles. The Hall–Kier alpha value is -0.910. The second-order valence-electron chi connectivity index (χ2n) is 4.13. The Morgan fingerprint density at radius 3 is 3.18 bits per heavy atom. The maximum Gasteiger partial charge on any atom is 0.197 e. The first kappa shape index (κ1) is 11.2. The number of hydrogen-bond donors (Lipinski definition) is 1. The van der Waals surface area contributed by atoms with Crippen LogP contribution in [0, 0.1) is 0 Å². The average molecular weight is 297 g/mol. The summed E-state index contributed by atoms with van der Waals surface area (Å²) in [6.45, 7) is 2.41. The van der Waals surface area contributed by atoms with Crippen LogP contribution in [0.25, 0.3) is 11.1 Å². The highest BCUT2D eigenvalue weighted by Crippen LogP contribution is 2.24. The summed E-state index contributed by atoms with van der Waals surface area (Å²) in [6.07, 6.45) is 0.765. The zero-order chi connectivity index (χ0) is 11.7. The maximum absolute atomic E-state index is 5.75. The molecule has 0 bridgehead atoms. The molecule has 1 aliphatic rings. The molecule has 4 nitrogen and oxygen atoms in total. The van der Waals surface area contributed by atoms with Gasteiger partial charge in [-0.1, -0.05) is 6.07 Å². The third kappa shape index (κ3) is 2.36. The zero-order valence-corrected chi connectivity index (χ0v) is 10.9. The minimum absolute atomic E-state index is 0.301. The summed E-state index contributed by atoms with van der Waals surface area (Å²) in [5.41, 5.74) is 1.71. The van der Waals surface area contributed by atoms with Crippen LogP contribution in [0.3, 0.4) is 0 Å². The summed E-state index contributed by atoms with van der Waals surface area (Å²) < 4.78 is 12.1. The molecule has 1 aliphatic heterocycles. The Bertz CT molecular complexity index is 520. The summed E-state index contributed by atoms with van der Waals surface area (Å²) in [5, 5.41) is 3.39. The topological polar surface area (TPSA) is 47.3 Å². The first-order valence-electron chi connectivity index (χ1n) is 5.68. The van der Waals surface area contributed by atoms with Gasteiger partial charge in [-0.3, -0.25) is 0 Å². The number of para-hydroxylation sites is 1. The van der Waals surface area contributed by atoms with E-state index in [2.05, 4.69) is 26.2 Å². The normalized spacial score (nSPS) is 20.9. The van der Waals surface area contributed by atoms with E-state index in [1.807, 2.05) is 18.2 Å². The van der Waals surface area contributed by atoms with E-state index < -0.39 is 0 Å². The Morgan fingerprint density at radius 1 is 1.47 bits per heavy atom. The van der Waals surface area contributed by atoms with E-state index >= 15 is 0 Å². The first-order valence-corrected chi connectivity index (χ1v) is 6.47. The van der Waals surface area contributed by atoms with E-state index in [1.165, 1.54) is 0 Å².